The van der Waals surface area contributed by atoms with E-state index in [1.807, 2.05) is 6.07 Å². The summed E-state index contributed by atoms with van der Waals surface area (Å²) in [5.41, 5.74) is 0.320. The standard InChI is InChI=1S/C16H13FO2/c1-12(15(17)13-8-4-2-5-9-13)16(18)19-14-10-6-3-7-11-14/h2-11H,1H3. The van der Waals surface area contributed by atoms with E-state index in [1.54, 1.807) is 54.6 Å². The van der Waals surface area contributed by atoms with Crippen molar-refractivity contribution in [3.8, 4) is 5.75 Å². The van der Waals surface area contributed by atoms with E-state index in [0.29, 0.717) is 11.3 Å². The number of carbonyl (C=O) groups is 1. The maximum atomic E-state index is 14.1. The minimum atomic E-state index is -0.687. The minimum absolute atomic E-state index is 0.0462. The predicted molar refractivity (Wildman–Crippen MR) is 72.2 cm³/mol. The molecule has 2 nitrogen and oxygen atoms in total. The molecule has 0 heterocycles. The van der Waals surface area contributed by atoms with Gasteiger partial charge in [0.15, 0.2) is 0 Å². The molecule has 0 saturated heterocycles. The van der Waals surface area contributed by atoms with Crippen LogP contribution in [0, 0.1) is 0 Å². The molecule has 0 aliphatic heterocycles. The van der Waals surface area contributed by atoms with Crippen LogP contribution in [0.1, 0.15) is 12.5 Å². The molecule has 0 spiro atoms. The lowest BCUT2D eigenvalue weighted by Crippen LogP contribution is -2.10. The number of para-hydroxylation sites is 1. The van der Waals surface area contributed by atoms with Crippen LogP contribution < -0.4 is 4.74 Å². The fraction of sp³-hybridized carbons (Fsp3) is 0.0625. The van der Waals surface area contributed by atoms with Crippen LogP contribution in [0.15, 0.2) is 66.2 Å². The molecule has 0 atom stereocenters. The Labute approximate surface area is 111 Å². The van der Waals surface area contributed by atoms with E-state index in [0.717, 1.165) is 0 Å². The van der Waals surface area contributed by atoms with Gasteiger partial charge in [0.2, 0.25) is 0 Å². The first-order chi connectivity index (χ1) is 9.18. The highest BCUT2D eigenvalue weighted by atomic mass is 19.1. The zero-order valence-electron chi connectivity index (χ0n) is 10.5. The van der Waals surface area contributed by atoms with Crippen LogP contribution in [0.3, 0.4) is 0 Å². The van der Waals surface area contributed by atoms with Crippen LogP contribution in [-0.4, -0.2) is 5.97 Å². The molecular weight excluding hydrogens is 243 g/mol. The van der Waals surface area contributed by atoms with Crippen molar-refractivity contribution in [2.75, 3.05) is 0 Å². The molecule has 0 unspecified atom stereocenters. The van der Waals surface area contributed by atoms with Crippen LogP contribution in [0.2, 0.25) is 0 Å². The Bertz CT molecular complexity index is 589. The summed E-state index contributed by atoms with van der Waals surface area (Å²) in [5, 5.41) is 0. The lowest BCUT2D eigenvalue weighted by Gasteiger charge is -2.06. The highest BCUT2D eigenvalue weighted by Gasteiger charge is 2.14. The molecule has 2 aromatic rings. The molecule has 2 aromatic carbocycles. The van der Waals surface area contributed by atoms with Crippen LogP contribution in [0.5, 0.6) is 5.75 Å². The minimum Gasteiger partial charge on any atom is -0.423 e. The van der Waals surface area contributed by atoms with Crippen molar-refractivity contribution in [1.82, 2.24) is 0 Å². The first-order valence-corrected chi connectivity index (χ1v) is 5.87. The molecule has 0 bridgehead atoms. The van der Waals surface area contributed by atoms with E-state index >= 15 is 0 Å². The van der Waals surface area contributed by atoms with E-state index in [1.165, 1.54) is 6.92 Å². The number of hydrogen-bond acceptors (Lipinski definition) is 2. The molecule has 0 aliphatic rings. The normalized spacial score (nSPS) is 11.7. The molecule has 19 heavy (non-hydrogen) atoms. The van der Waals surface area contributed by atoms with Gasteiger partial charge in [-0.25, -0.2) is 9.18 Å². The van der Waals surface area contributed by atoms with Gasteiger partial charge in [-0.3, -0.25) is 0 Å². The second kappa shape index (κ2) is 5.96. The topological polar surface area (TPSA) is 26.3 Å². The third-order valence-corrected chi connectivity index (χ3v) is 2.62. The third-order valence-electron chi connectivity index (χ3n) is 2.62. The van der Waals surface area contributed by atoms with Crippen molar-refractivity contribution >= 4 is 11.8 Å². The Morgan fingerprint density at radius 1 is 0.947 bits per heavy atom. The molecule has 2 rings (SSSR count). The SMILES string of the molecule is CC(C(=O)Oc1ccccc1)=C(F)c1ccccc1. The summed E-state index contributed by atoms with van der Waals surface area (Å²) >= 11 is 0. The van der Waals surface area contributed by atoms with E-state index < -0.39 is 11.8 Å². The molecule has 0 aliphatic carbocycles. The number of carbonyl (C=O) groups excluding carboxylic acids is 1. The maximum Gasteiger partial charge on any atom is 0.342 e. The van der Waals surface area contributed by atoms with Crippen molar-refractivity contribution < 1.29 is 13.9 Å². The number of benzene rings is 2. The van der Waals surface area contributed by atoms with Gasteiger partial charge in [-0.1, -0.05) is 48.5 Å². The van der Waals surface area contributed by atoms with E-state index in [4.69, 9.17) is 4.74 Å². The molecule has 0 fully saturated rings. The van der Waals surface area contributed by atoms with Crippen molar-refractivity contribution in [3.63, 3.8) is 0 Å². The first kappa shape index (κ1) is 13.0. The summed E-state index contributed by atoms with van der Waals surface area (Å²) in [5.74, 6) is -0.859. The van der Waals surface area contributed by atoms with Crippen molar-refractivity contribution in [1.29, 1.82) is 0 Å². The van der Waals surface area contributed by atoms with Crippen LogP contribution in [0.4, 0.5) is 4.39 Å². The molecule has 0 amide bonds. The predicted octanol–water partition coefficient (Wildman–Crippen LogP) is 3.99. The van der Waals surface area contributed by atoms with Crippen LogP contribution in [0.25, 0.3) is 5.83 Å². The number of esters is 1. The number of halogens is 1. The van der Waals surface area contributed by atoms with Gasteiger partial charge < -0.3 is 4.74 Å². The summed E-state index contributed by atoms with van der Waals surface area (Å²) in [6.45, 7) is 1.41. The second-order valence-electron chi connectivity index (χ2n) is 4.01. The van der Waals surface area contributed by atoms with Gasteiger partial charge in [0.05, 0.1) is 5.57 Å². The van der Waals surface area contributed by atoms with Gasteiger partial charge in [-0.05, 0) is 19.1 Å². The summed E-state index contributed by atoms with van der Waals surface area (Å²) in [4.78, 5) is 11.8. The Kier molecular flexibility index (Phi) is 4.08. The highest BCUT2D eigenvalue weighted by molar-refractivity contribution is 5.96. The second-order valence-corrected chi connectivity index (χ2v) is 4.01. The number of rotatable bonds is 3. The average Bonchev–Trinajstić information content (AvgIpc) is 2.47. The summed E-state index contributed by atoms with van der Waals surface area (Å²) < 4.78 is 19.1. The van der Waals surface area contributed by atoms with Crippen molar-refractivity contribution in [2.45, 2.75) is 6.92 Å². The van der Waals surface area contributed by atoms with Gasteiger partial charge in [-0.15, -0.1) is 0 Å². The third kappa shape index (κ3) is 3.28. The smallest absolute Gasteiger partial charge is 0.342 e. The van der Waals surface area contributed by atoms with Gasteiger partial charge in [0.1, 0.15) is 11.6 Å². The Hall–Kier alpha value is -2.42. The van der Waals surface area contributed by atoms with Gasteiger partial charge in [0.25, 0.3) is 0 Å². The van der Waals surface area contributed by atoms with Gasteiger partial charge in [0, 0.05) is 5.56 Å². The fourth-order valence-corrected chi connectivity index (χ4v) is 1.56. The molecule has 0 saturated carbocycles. The summed E-state index contributed by atoms with van der Waals surface area (Å²) in [6.07, 6.45) is 0. The zero-order chi connectivity index (χ0) is 13.7. The van der Waals surface area contributed by atoms with Gasteiger partial charge >= 0.3 is 5.97 Å². The Morgan fingerprint density at radius 3 is 2.05 bits per heavy atom. The van der Waals surface area contributed by atoms with E-state index in [9.17, 15) is 9.18 Å². The summed E-state index contributed by atoms with van der Waals surface area (Å²) in [7, 11) is 0. The highest BCUT2D eigenvalue weighted by Crippen LogP contribution is 2.21. The zero-order valence-corrected chi connectivity index (χ0v) is 10.5. The Morgan fingerprint density at radius 2 is 1.47 bits per heavy atom. The van der Waals surface area contributed by atoms with Gasteiger partial charge in [-0.2, -0.15) is 0 Å². The lowest BCUT2D eigenvalue weighted by atomic mass is 10.1. The molecule has 0 aromatic heterocycles. The fourth-order valence-electron chi connectivity index (χ4n) is 1.56. The largest absolute Gasteiger partial charge is 0.423 e. The maximum absolute atomic E-state index is 14.1. The molecule has 96 valence electrons. The molecule has 0 N–H and O–H groups in total. The van der Waals surface area contributed by atoms with Crippen molar-refractivity contribution in [2.24, 2.45) is 0 Å². The van der Waals surface area contributed by atoms with Crippen molar-refractivity contribution in [3.05, 3.63) is 71.8 Å². The average molecular weight is 256 g/mol. The van der Waals surface area contributed by atoms with E-state index in [-0.39, 0.29) is 5.57 Å². The van der Waals surface area contributed by atoms with Crippen LogP contribution in [-0.2, 0) is 4.79 Å². The summed E-state index contributed by atoms with van der Waals surface area (Å²) in [6, 6.07) is 17.0. The monoisotopic (exact) mass is 256 g/mol. The first-order valence-electron chi connectivity index (χ1n) is 5.87. The molecule has 0 radical (unpaired) electrons. The van der Waals surface area contributed by atoms with E-state index in [2.05, 4.69) is 0 Å². The quantitative estimate of drug-likeness (QED) is 0.471. The number of ether oxygens (including phenoxy) is 1. The molecule has 3 heteroatoms. The Balaban J connectivity index is 2.19. The molecular formula is C16H13FO2. The number of hydrogen-bond donors (Lipinski definition) is 0. The van der Waals surface area contributed by atoms with Crippen LogP contribution >= 0.6 is 0 Å². The lowest BCUT2D eigenvalue weighted by molar-refractivity contribution is -0.130.